The molecule has 1 heterocycles. The summed E-state index contributed by atoms with van der Waals surface area (Å²) in [6.07, 6.45) is 1.95. The maximum Gasteiger partial charge on any atom is 0.0528 e. The highest BCUT2D eigenvalue weighted by Crippen LogP contribution is 2.33. The first kappa shape index (κ1) is 11.8. The summed E-state index contributed by atoms with van der Waals surface area (Å²) in [4.78, 5) is 0. The molecule has 14 heavy (non-hydrogen) atoms. The van der Waals surface area contributed by atoms with Gasteiger partial charge in [0, 0.05) is 27.4 Å². The Bertz CT molecular complexity index is 307. The van der Waals surface area contributed by atoms with Crippen molar-refractivity contribution in [3.05, 3.63) is 17.5 Å². The summed E-state index contributed by atoms with van der Waals surface area (Å²) in [6.45, 7) is 11.1. The second-order valence-electron chi connectivity index (χ2n) is 5.43. The van der Waals surface area contributed by atoms with Gasteiger partial charge in [0.1, 0.15) is 0 Å². The molecule has 3 heteroatoms. The third-order valence-corrected chi connectivity index (χ3v) is 3.85. The first-order chi connectivity index (χ1) is 6.29. The van der Waals surface area contributed by atoms with Crippen molar-refractivity contribution in [2.75, 3.05) is 5.33 Å². The van der Waals surface area contributed by atoms with Crippen LogP contribution in [0.25, 0.3) is 0 Å². The second-order valence-corrected chi connectivity index (χ2v) is 5.99. The Morgan fingerprint density at radius 2 is 1.86 bits per heavy atom. The van der Waals surface area contributed by atoms with E-state index in [1.807, 2.05) is 6.20 Å². The van der Waals surface area contributed by atoms with E-state index in [1.54, 1.807) is 0 Å². The number of hydrogen-bond acceptors (Lipinski definition) is 1. The van der Waals surface area contributed by atoms with Crippen LogP contribution in [-0.4, -0.2) is 15.5 Å². The maximum absolute atomic E-state index is 4.16. The number of nitrogens with zero attached hydrogens (tertiary/aromatic N) is 1. The monoisotopic (exact) mass is 258 g/mol. The Balaban J connectivity index is 3.18. The Kier molecular flexibility index (Phi) is 3.10. The molecule has 2 nitrogen and oxygen atoms in total. The second kappa shape index (κ2) is 3.69. The van der Waals surface area contributed by atoms with Crippen molar-refractivity contribution in [3.8, 4) is 0 Å². The van der Waals surface area contributed by atoms with Crippen LogP contribution in [0.5, 0.6) is 0 Å². The molecular weight excluding hydrogens is 240 g/mol. The fourth-order valence-electron chi connectivity index (χ4n) is 1.44. The molecule has 0 bridgehead atoms. The molecule has 80 valence electrons. The predicted molar refractivity (Wildman–Crippen MR) is 64.1 cm³/mol. The van der Waals surface area contributed by atoms with Crippen molar-refractivity contribution in [1.82, 2.24) is 10.2 Å². The van der Waals surface area contributed by atoms with Gasteiger partial charge in [-0.2, -0.15) is 5.10 Å². The lowest BCUT2D eigenvalue weighted by atomic mass is 9.80. The van der Waals surface area contributed by atoms with Crippen molar-refractivity contribution < 1.29 is 0 Å². The van der Waals surface area contributed by atoms with Crippen LogP contribution in [0.4, 0.5) is 0 Å². The van der Waals surface area contributed by atoms with E-state index < -0.39 is 0 Å². The highest BCUT2D eigenvalue weighted by atomic mass is 79.9. The normalized spacial score (nSPS) is 13.3. The Labute approximate surface area is 94.6 Å². The van der Waals surface area contributed by atoms with Crippen molar-refractivity contribution in [2.24, 2.45) is 0 Å². The van der Waals surface area contributed by atoms with Gasteiger partial charge in [0.25, 0.3) is 0 Å². The molecule has 0 aliphatic heterocycles. The summed E-state index contributed by atoms with van der Waals surface area (Å²) in [5.74, 6) is 0. The molecule has 0 aliphatic carbocycles. The quantitative estimate of drug-likeness (QED) is 0.810. The van der Waals surface area contributed by atoms with Gasteiger partial charge in [-0.3, -0.25) is 5.10 Å². The molecule has 0 aliphatic rings. The molecule has 0 saturated carbocycles. The van der Waals surface area contributed by atoms with Crippen molar-refractivity contribution >= 4 is 15.9 Å². The Hall–Kier alpha value is -0.310. The molecule has 0 unspecified atom stereocenters. The van der Waals surface area contributed by atoms with E-state index in [0.717, 1.165) is 5.33 Å². The molecule has 1 aromatic heterocycles. The largest absolute Gasteiger partial charge is 0.282 e. The van der Waals surface area contributed by atoms with E-state index in [1.165, 1.54) is 11.3 Å². The fourth-order valence-corrected chi connectivity index (χ4v) is 1.75. The first-order valence-electron chi connectivity index (χ1n) is 4.89. The molecule has 1 aromatic rings. The number of aromatic nitrogens is 2. The van der Waals surface area contributed by atoms with Crippen LogP contribution >= 0.6 is 15.9 Å². The van der Waals surface area contributed by atoms with Crippen LogP contribution < -0.4 is 0 Å². The minimum atomic E-state index is 0.130. The summed E-state index contributed by atoms with van der Waals surface area (Å²) in [5, 5.41) is 8.22. The molecular formula is C11H19BrN2. The van der Waals surface area contributed by atoms with Gasteiger partial charge in [0.05, 0.1) is 6.20 Å². The minimum Gasteiger partial charge on any atom is -0.282 e. The summed E-state index contributed by atoms with van der Waals surface area (Å²) in [7, 11) is 0. The summed E-state index contributed by atoms with van der Waals surface area (Å²) in [6, 6.07) is 0. The number of H-pyrrole nitrogens is 1. The van der Waals surface area contributed by atoms with E-state index in [-0.39, 0.29) is 10.8 Å². The lowest BCUT2D eigenvalue weighted by molar-refractivity contribution is 0.526. The SMILES string of the molecule is CC(C)(C)c1[nH]ncc1C(C)(C)CBr. The van der Waals surface area contributed by atoms with Gasteiger partial charge < -0.3 is 0 Å². The number of aromatic amines is 1. The van der Waals surface area contributed by atoms with E-state index in [4.69, 9.17) is 0 Å². The third-order valence-electron chi connectivity index (χ3n) is 2.45. The summed E-state index contributed by atoms with van der Waals surface area (Å²) in [5.41, 5.74) is 2.81. The zero-order valence-corrected chi connectivity index (χ0v) is 11.2. The van der Waals surface area contributed by atoms with E-state index in [0.29, 0.717) is 0 Å². The average Bonchev–Trinajstić information content (AvgIpc) is 2.51. The van der Waals surface area contributed by atoms with Crippen molar-refractivity contribution in [1.29, 1.82) is 0 Å². The molecule has 0 fully saturated rings. The Morgan fingerprint density at radius 1 is 1.29 bits per heavy atom. The average molecular weight is 259 g/mol. The van der Waals surface area contributed by atoms with Gasteiger partial charge in [-0.1, -0.05) is 50.5 Å². The molecule has 1 rings (SSSR count). The minimum absolute atomic E-state index is 0.130. The highest BCUT2D eigenvalue weighted by Gasteiger charge is 2.29. The standard InChI is InChI=1S/C11H19BrN2/c1-10(2,3)9-8(6-13-14-9)11(4,5)7-12/h6H,7H2,1-5H3,(H,13,14). The molecule has 0 saturated heterocycles. The molecule has 0 radical (unpaired) electrons. The lowest BCUT2D eigenvalue weighted by Crippen LogP contribution is -2.24. The van der Waals surface area contributed by atoms with E-state index >= 15 is 0 Å². The number of alkyl halides is 1. The maximum atomic E-state index is 4.16. The van der Waals surface area contributed by atoms with Gasteiger partial charge in [0.15, 0.2) is 0 Å². The molecule has 0 amide bonds. The first-order valence-corrected chi connectivity index (χ1v) is 6.01. The third kappa shape index (κ3) is 2.19. The van der Waals surface area contributed by atoms with Gasteiger partial charge in [-0.25, -0.2) is 0 Å². The lowest BCUT2D eigenvalue weighted by Gasteiger charge is -2.27. The van der Waals surface area contributed by atoms with E-state index in [2.05, 4.69) is 60.7 Å². The zero-order chi connectivity index (χ0) is 11.0. The number of halogens is 1. The van der Waals surface area contributed by atoms with Crippen LogP contribution in [0, 0.1) is 0 Å². The fraction of sp³-hybridized carbons (Fsp3) is 0.727. The van der Waals surface area contributed by atoms with Crippen LogP contribution in [0.2, 0.25) is 0 Å². The van der Waals surface area contributed by atoms with Crippen LogP contribution in [-0.2, 0) is 10.8 Å². The van der Waals surface area contributed by atoms with Gasteiger partial charge in [-0.15, -0.1) is 0 Å². The zero-order valence-electron chi connectivity index (χ0n) is 9.61. The number of rotatable bonds is 2. The van der Waals surface area contributed by atoms with Gasteiger partial charge in [-0.05, 0) is 0 Å². The topological polar surface area (TPSA) is 28.7 Å². The van der Waals surface area contributed by atoms with Crippen LogP contribution in [0.15, 0.2) is 6.20 Å². The molecule has 0 aromatic carbocycles. The highest BCUT2D eigenvalue weighted by molar-refractivity contribution is 9.09. The Morgan fingerprint density at radius 3 is 2.29 bits per heavy atom. The smallest absolute Gasteiger partial charge is 0.0528 e. The van der Waals surface area contributed by atoms with Crippen LogP contribution in [0.1, 0.15) is 45.9 Å². The number of nitrogens with one attached hydrogen (secondary N) is 1. The molecule has 0 spiro atoms. The van der Waals surface area contributed by atoms with Gasteiger partial charge >= 0.3 is 0 Å². The predicted octanol–water partition coefficient (Wildman–Crippen LogP) is 3.38. The van der Waals surface area contributed by atoms with Crippen molar-refractivity contribution in [3.63, 3.8) is 0 Å². The molecule has 1 N–H and O–H groups in total. The van der Waals surface area contributed by atoms with Gasteiger partial charge in [0.2, 0.25) is 0 Å². The molecule has 0 atom stereocenters. The number of hydrogen-bond donors (Lipinski definition) is 1. The summed E-state index contributed by atoms with van der Waals surface area (Å²) < 4.78 is 0. The summed E-state index contributed by atoms with van der Waals surface area (Å²) >= 11 is 3.55. The van der Waals surface area contributed by atoms with E-state index in [9.17, 15) is 0 Å². The van der Waals surface area contributed by atoms with Crippen LogP contribution in [0.3, 0.4) is 0 Å². The van der Waals surface area contributed by atoms with Crippen molar-refractivity contribution in [2.45, 2.75) is 45.4 Å².